The van der Waals surface area contributed by atoms with Gasteiger partial charge in [-0.1, -0.05) is 0 Å². The van der Waals surface area contributed by atoms with Crippen LogP contribution in [-0.4, -0.2) is 25.8 Å². The fourth-order valence-electron chi connectivity index (χ4n) is 0.943. The van der Waals surface area contributed by atoms with Crippen LogP contribution in [0.1, 0.15) is 16.6 Å². The normalized spacial score (nSPS) is 12.5. The minimum atomic E-state index is -0.320. The van der Waals surface area contributed by atoms with Crippen molar-refractivity contribution in [2.45, 2.75) is 17.9 Å². The van der Waals surface area contributed by atoms with E-state index >= 15 is 0 Å². The molecular weight excluding hydrogens is 220 g/mol. The van der Waals surface area contributed by atoms with Gasteiger partial charge < -0.3 is 9.47 Å². The van der Waals surface area contributed by atoms with Crippen LogP contribution >= 0.6 is 24.0 Å². The van der Waals surface area contributed by atoms with Crippen molar-refractivity contribution in [2.75, 3.05) is 13.7 Å². The van der Waals surface area contributed by atoms with E-state index in [0.717, 1.165) is 4.90 Å². The summed E-state index contributed by atoms with van der Waals surface area (Å²) in [5.41, 5.74) is 0. The highest BCUT2D eigenvalue weighted by Gasteiger charge is 2.13. The van der Waals surface area contributed by atoms with Crippen molar-refractivity contribution in [1.82, 2.24) is 0 Å². The molecule has 0 aliphatic heterocycles. The third-order valence-electron chi connectivity index (χ3n) is 1.50. The van der Waals surface area contributed by atoms with E-state index in [-0.39, 0.29) is 12.1 Å². The summed E-state index contributed by atoms with van der Waals surface area (Å²) in [5.74, 6) is -0.320. The Labute approximate surface area is 92.4 Å². The standard InChI is InChI=1S/C9H12O3S2/c1-6(4-11-2)12-9(10)8-3-7(13)5-14-8/h3,5-6,13H,4H2,1-2H3. The second-order valence-corrected chi connectivity index (χ2v) is 4.27. The van der Waals surface area contributed by atoms with Crippen LogP contribution in [0.4, 0.5) is 0 Å². The highest BCUT2D eigenvalue weighted by Crippen LogP contribution is 2.18. The van der Waals surface area contributed by atoms with Crippen LogP contribution in [0.3, 0.4) is 0 Å². The van der Waals surface area contributed by atoms with Crippen LogP contribution in [0, 0.1) is 0 Å². The van der Waals surface area contributed by atoms with Gasteiger partial charge in [-0.05, 0) is 13.0 Å². The minimum absolute atomic E-state index is 0.224. The van der Waals surface area contributed by atoms with Crippen LogP contribution in [0.25, 0.3) is 0 Å². The number of ether oxygens (including phenoxy) is 2. The molecule has 0 N–H and O–H groups in total. The fraction of sp³-hybridized carbons (Fsp3) is 0.444. The summed E-state index contributed by atoms with van der Waals surface area (Å²) >= 11 is 5.44. The molecule has 5 heteroatoms. The van der Waals surface area contributed by atoms with Crippen LogP contribution in [0.5, 0.6) is 0 Å². The Morgan fingerprint density at radius 1 is 1.71 bits per heavy atom. The van der Waals surface area contributed by atoms with Crippen LogP contribution < -0.4 is 0 Å². The van der Waals surface area contributed by atoms with Gasteiger partial charge in [0, 0.05) is 17.4 Å². The van der Waals surface area contributed by atoms with Crippen molar-refractivity contribution in [1.29, 1.82) is 0 Å². The first-order valence-corrected chi connectivity index (χ1v) is 5.43. The maximum Gasteiger partial charge on any atom is 0.348 e. The second-order valence-electron chi connectivity index (χ2n) is 2.84. The average molecular weight is 232 g/mol. The Hall–Kier alpha value is -0.520. The molecular formula is C9H12O3S2. The van der Waals surface area contributed by atoms with Crippen molar-refractivity contribution in [3.63, 3.8) is 0 Å². The molecule has 3 nitrogen and oxygen atoms in total. The van der Waals surface area contributed by atoms with E-state index in [4.69, 9.17) is 9.47 Å². The van der Waals surface area contributed by atoms with Crippen LogP contribution in [0.15, 0.2) is 16.3 Å². The smallest absolute Gasteiger partial charge is 0.348 e. The van der Waals surface area contributed by atoms with Crippen molar-refractivity contribution < 1.29 is 14.3 Å². The SMILES string of the molecule is COCC(C)OC(=O)c1cc(S)cs1. The number of hydrogen-bond acceptors (Lipinski definition) is 5. The van der Waals surface area contributed by atoms with Gasteiger partial charge in [-0.3, -0.25) is 0 Å². The second kappa shape index (κ2) is 5.38. The van der Waals surface area contributed by atoms with Crippen LogP contribution in [-0.2, 0) is 9.47 Å². The predicted octanol–water partition coefficient (Wildman–Crippen LogP) is 2.23. The largest absolute Gasteiger partial charge is 0.456 e. The maximum absolute atomic E-state index is 11.4. The van der Waals surface area contributed by atoms with Gasteiger partial charge in [0.15, 0.2) is 0 Å². The van der Waals surface area contributed by atoms with Crippen molar-refractivity contribution in [3.05, 3.63) is 16.3 Å². The molecule has 1 aromatic heterocycles. The number of thiol groups is 1. The molecule has 1 atom stereocenters. The van der Waals surface area contributed by atoms with E-state index < -0.39 is 0 Å². The topological polar surface area (TPSA) is 35.5 Å². The quantitative estimate of drug-likeness (QED) is 0.638. The van der Waals surface area contributed by atoms with Gasteiger partial charge in [0.05, 0.1) is 6.61 Å². The highest BCUT2D eigenvalue weighted by molar-refractivity contribution is 7.80. The summed E-state index contributed by atoms with van der Waals surface area (Å²) in [5, 5.41) is 1.79. The van der Waals surface area contributed by atoms with Gasteiger partial charge in [-0.15, -0.1) is 24.0 Å². The van der Waals surface area contributed by atoms with Gasteiger partial charge in [-0.25, -0.2) is 4.79 Å². The maximum atomic E-state index is 11.4. The number of carbonyl (C=O) groups is 1. The molecule has 78 valence electrons. The Kier molecular flexibility index (Phi) is 4.44. The van der Waals surface area contributed by atoms with Crippen molar-refractivity contribution >= 4 is 29.9 Å². The van der Waals surface area contributed by atoms with E-state index in [1.165, 1.54) is 11.3 Å². The summed E-state index contributed by atoms with van der Waals surface area (Å²) in [6.07, 6.45) is -0.224. The molecule has 0 amide bonds. The molecule has 0 bridgehead atoms. The lowest BCUT2D eigenvalue weighted by molar-refractivity contribution is 0.0125. The summed E-state index contributed by atoms with van der Waals surface area (Å²) in [6.45, 7) is 2.20. The zero-order valence-corrected chi connectivity index (χ0v) is 9.73. The molecule has 0 aromatic carbocycles. The Bertz CT molecular complexity index is 309. The van der Waals surface area contributed by atoms with Crippen molar-refractivity contribution in [3.8, 4) is 0 Å². The molecule has 1 heterocycles. The predicted molar refractivity (Wildman–Crippen MR) is 58.3 cm³/mol. The number of methoxy groups -OCH3 is 1. The average Bonchev–Trinajstić information content (AvgIpc) is 2.52. The van der Waals surface area contributed by atoms with E-state index in [1.54, 1.807) is 25.5 Å². The summed E-state index contributed by atoms with van der Waals surface area (Å²) < 4.78 is 9.96. The zero-order chi connectivity index (χ0) is 10.6. The van der Waals surface area contributed by atoms with Gasteiger partial charge in [0.2, 0.25) is 0 Å². The summed E-state index contributed by atoms with van der Waals surface area (Å²) in [4.78, 5) is 12.8. The fourth-order valence-corrected chi connectivity index (χ4v) is 1.97. The van der Waals surface area contributed by atoms with Gasteiger partial charge in [-0.2, -0.15) is 0 Å². The first-order valence-electron chi connectivity index (χ1n) is 4.11. The van der Waals surface area contributed by atoms with Gasteiger partial charge in [0.1, 0.15) is 11.0 Å². The monoisotopic (exact) mass is 232 g/mol. The Balaban J connectivity index is 2.50. The third-order valence-corrected chi connectivity index (χ3v) is 2.84. The van der Waals surface area contributed by atoms with E-state index in [2.05, 4.69) is 12.6 Å². The van der Waals surface area contributed by atoms with Crippen LogP contribution in [0.2, 0.25) is 0 Å². The molecule has 0 saturated heterocycles. The number of thiophene rings is 1. The highest BCUT2D eigenvalue weighted by atomic mass is 32.1. The van der Waals surface area contributed by atoms with E-state index in [1.807, 2.05) is 0 Å². The van der Waals surface area contributed by atoms with E-state index in [9.17, 15) is 4.79 Å². The van der Waals surface area contributed by atoms with E-state index in [0.29, 0.717) is 11.5 Å². The Morgan fingerprint density at radius 2 is 2.43 bits per heavy atom. The summed E-state index contributed by atoms with van der Waals surface area (Å²) in [7, 11) is 1.57. The third kappa shape index (κ3) is 3.32. The van der Waals surface area contributed by atoms with Crippen molar-refractivity contribution in [2.24, 2.45) is 0 Å². The molecule has 0 spiro atoms. The lowest BCUT2D eigenvalue weighted by Crippen LogP contribution is -2.18. The first-order chi connectivity index (χ1) is 6.63. The minimum Gasteiger partial charge on any atom is -0.456 e. The molecule has 1 aromatic rings. The molecule has 0 fully saturated rings. The summed E-state index contributed by atoms with van der Waals surface area (Å²) in [6, 6.07) is 1.69. The van der Waals surface area contributed by atoms with Gasteiger partial charge >= 0.3 is 5.97 Å². The molecule has 0 radical (unpaired) electrons. The number of rotatable bonds is 4. The molecule has 14 heavy (non-hydrogen) atoms. The molecule has 0 saturated carbocycles. The number of esters is 1. The lowest BCUT2D eigenvalue weighted by atomic mass is 10.4. The molecule has 1 rings (SSSR count). The molecule has 1 unspecified atom stereocenters. The van der Waals surface area contributed by atoms with Gasteiger partial charge in [0.25, 0.3) is 0 Å². The zero-order valence-electron chi connectivity index (χ0n) is 8.02. The molecule has 0 aliphatic carbocycles. The molecule has 0 aliphatic rings. The lowest BCUT2D eigenvalue weighted by Gasteiger charge is -2.10. The number of hydrogen-bond donors (Lipinski definition) is 1. The number of carbonyl (C=O) groups excluding carboxylic acids is 1. The Morgan fingerprint density at radius 3 is 2.93 bits per heavy atom. The first kappa shape index (κ1) is 11.6.